The molecule has 3 rings (SSSR count). The number of amides is 1. The Morgan fingerprint density at radius 2 is 1.96 bits per heavy atom. The van der Waals surface area contributed by atoms with E-state index in [1.165, 1.54) is 18.0 Å². The maximum absolute atomic E-state index is 12.3. The van der Waals surface area contributed by atoms with Gasteiger partial charge in [0.2, 0.25) is 5.91 Å². The number of hydrogen-bond donors (Lipinski definition) is 0. The molecule has 2 aromatic heterocycles. The molecule has 1 aliphatic rings. The summed E-state index contributed by atoms with van der Waals surface area (Å²) in [6, 6.07) is 11.2. The van der Waals surface area contributed by atoms with Crippen LogP contribution in [-0.2, 0) is 4.79 Å². The van der Waals surface area contributed by atoms with E-state index in [0.717, 1.165) is 23.6 Å². The Hall–Kier alpha value is -2.28. The third kappa shape index (κ3) is 3.92. The number of aromatic amines is 1. The first-order valence-electron chi connectivity index (χ1n) is 7.54. The van der Waals surface area contributed by atoms with Crippen LogP contribution in [0.5, 0.6) is 0 Å². The molecule has 0 saturated carbocycles. The summed E-state index contributed by atoms with van der Waals surface area (Å²) in [4.78, 5) is 19.6. The van der Waals surface area contributed by atoms with Crippen molar-refractivity contribution in [3.63, 3.8) is 0 Å². The highest BCUT2D eigenvalue weighted by Crippen LogP contribution is 2.15. The van der Waals surface area contributed by atoms with E-state index in [9.17, 15) is 10.0 Å². The molecule has 0 atom stereocenters. The van der Waals surface area contributed by atoms with Crippen LogP contribution in [0.2, 0.25) is 0 Å². The average Bonchev–Trinajstić information content (AvgIpc) is 2.62. The molecule has 1 N–H and O–H groups in total. The number of carbonyl (C=O) groups excluding carboxylic acids is 1. The molecule has 3 heterocycles. The summed E-state index contributed by atoms with van der Waals surface area (Å²) < 4.78 is 0.793. The van der Waals surface area contributed by atoms with Gasteiger partial charge in [-0.15, -0.1) is 0 Å². The lowest BCUT2D eigenvalue weighted by Gasteiger charge is -2.30. The number of aromatic nitrogens is 2. The third-order valence-corrected chi connectivity index (χ3v) is 4.80. The van der Waals surface area contributed by atoms with Crippen molar-refractivity contribution in [3.05, 3.63) is 54.0 Å². The van der Waals surface area contributed by atoms with Gasteiger partial charge in [0.05, 0.1) is 25.0 Å². The van der Waals surface area contributed by atoms with Crippen LogP contribution in [0.15, 0.2) is 53.8 Å². The molecule has 23 heavy (non-hydrogen) atoms. The molecule has 7 heteroatoms. The molecular formula is C16H19N4O2S+. The summed E-state index contributed by atoms with van der Waals surface area (Å²) in [5, 5.41) is 12.1. The Bertz CT molecular complexity index is 660. The molecule has 0 aromatic carbocycles. The summed E-state index contributed by atoms with van der Waals surface area (Å²) in [7, 11) is 0. The van der Waals surface area contributed by atoms with Crippen molar-refractivity contribution in [1.29, 1.82) is 0 Å². The summed E-state index contributed by atoms with van der Waals surface area (Å²) in [6.07, 6.45) is 3.35. The normalized spacial score (nSPS) is 14.8. The first-order valence-corrected chi connectivity index (χ1v) is 8.53. The van der Waals surface area contributed by atoms with E-state index in [4.69, 9.17) is 0 Å². The maximum atomic E-state index is 12.3. The monoisotopic (exact) mass is 331 g/mol. The van der Waals surface area contributed by atoms with Gasteiger partial charge < -0.3 is 10.1 Å². The van der Waals surface area contributed by atoms with Gasteiger partial charge in [-0.1, -0.05) is 6.07 Å². The fourth-order valence-electron chi connectivity index (χ4n) is 2.53. The number of nitrogens with zero attached hydrogens (tertiary/aromatic N) is 3. The summed E-state index contributed by atoms with van der Waals surface area (Å²) in [5.74, 6) is 1.45. The van der Waals surface area contributed by atoms with Crippen LogP contribution < -0.4 is 14.6 Å². The van der Waals surface area contributed by atoms with Crippen molar-refractivity contribution in [2.24, 2.45) is 0 Å². The van der Waals surface area contributed by atoms with Gasteiger partial charge in [-0.3, -0.25) is 9.69 Å². The van der Waals surface area contributed by atoms with Crippen molar-refractivity contribution in [1.82, 2.24) is 4.90 Å². The molecule has 1 amide bonds. The highest BCUT2D eigenvalue weighted by molar-refractivity contribution is 7.99. The van der Waals surface area contributed by atoms with Gasteiger partial charge in [0.25, 0.3) is 10.8 Å². The van der Waals surface area contributed by atoms with Crippen molar-refractivity contribution >= 4 is 23.5 Å². The number of nitrogens with one attached hydrogen (secondary N) is 1. The lowest BCUT2D eigenvalue weighted by Crippen LogP contribution is -2.50. The zero-order valence-corrected chi connectivity index (χ0v) is 13.5. The Balaban J connectivity index is 1.50. The predicted octanol–water partition coefficient (Wildman–Crippen LogP) is 0.575. The minimum Gasteiger partial charge on any atom is -0.618 e. The van der Waals surface area contributed by atoms with Crippen LogP contribution in [-0.4, -0.2) is 42.7 Å². The van der Waals surface area contributed by atoms with Crippen LogP contribution >= 0.6 is 11.8 Å². The zero-order valence-electron chi connectivity index (χ0n) is 12.7. The number of anilines is 1. The Morgan fingerprint density at radius 1 is 1.17 bits per heavy atom. The number of pyridine rings is 2. The zero-order chi connectivity index (χ0) is 16.1. The molecular weight excluding hydrogens is 312 g/mol. The van der Waals surface area contributed by atoms with E-state index in [0.29, 0.717) is 23.9 Å². The highest BCUT2D eigenvalue weighted by atomic mass is 32.2. The van der Waals surface area contributed by atoms with Crippen molar-refractivity contribution in [2.45, 2.75) is 5.03 Å². The Labute approximate surface area is 139 Å². The van der Waals surface area contributed by atoms with E-state index in [2.05, 4.69) is 9.88 Å². The van der Waals surface area contributed by atoms with E-state index in [1.807, 2.05) is 29.3 Å². The van der Waals surface area contributed by atoms with E-state index >= 15 is 0 Å². The lowest BCUT2D eigenvalue weighted by molar-refractivity contribution is -0.645. The van der Waals surface area contributed by atoms with Gasteiger partial charge in [0.1, 0.15) is 13.1 Å². The standard InChI is InChI=1S/C16H18N4O2S/c21-15(13-23-16-6-2-4-8-20(16)22)19-11-9-18(10-12-19)14-5-1-3-7-17-14/h1-8H,9-13H2/p+1. The summed E-state index contributed by atoms with van der Waals surface area (Å²) in [6.45, 7) is 3.02. The molecule has 0 unspecified atom stereocenters. The van der Waals surface area contributed by atoms with Crippen molar-refractivity contribution in [3.8, 4) is 0 Å². The van der Waals surface area contributed by atoms with Crippen molar-refractivity contribution in [2.75, 3.05) is 36.8 Å². The molecule has 0 bridgehead atoms. The summed E-state index contributed by atoms with van der Waals surface area (Å²) in [5.41, 5.74) is 0. The second-order valence-electron chi connectivity index (χ2n) is 5.27. The van der Waals surface area contributed by atoms with Gasteiger partial charge in [-0.25, -0.2) is 4.98 Å². The second-order valence-corrected chi connectivity index (χ2v) is 6.26. The fourth-order valence-corrected chi connectivity index (χ4v) is 3.35. The average molecular weight is 331 g/mol. The van der Waals surface area contributed by atoms with E-state index in [1.54, 1.807) is 18.2 Å². The number of hydrogen-bond acceptors (Lipinski definition) is 4. The van der Waals surface area contributed by atoms with Gasteiger partial charge >= 0.3 is 0 Å². The summed E-state index contributed by atoms with van der Waals surface area (Å²) >= 11 is 1.29. The number of thioether (sulfide) groups is 1. The quantitative estimate of drug-likeness (QED) is 0.467. The number of H-pyrrole nitrogens is 1. The smallest absolute Gasteiger partial charge is 0.274 e. The van der Waals surface area contributed by atoms with Crippen LogP contribution in [0.1, 0.15) is 0 Å². The Morgan fingerprint density at radius 3 is 2.65 bits per heavy atom. The number of piperazine rings is 1. The molecule has 1 aliphatic heterocycles. The maximum Gasteiger partial charge on any atom is 0.274 e. The van der Waals surface area contributed by atoms with Crippen LogP contribution in [0.25, 0.3) is 0 Å². The molecule has 1 fully saturated rings. The van der Waals surface area contributed by atoms with Crippen LogP contribution in [0.3, 0.4) is 0 Å². The second kappa shape index (κ2) is 7.32. The molecule has 120 valence electrons. The van der Waals surface area contributed by atoms with E-state index < -0.39 is 0 Å². The first-order chi connectivity index (χ1) is 11.2. The number of rotatable bonds is 4. The molecule has 6 nitrogen and oxygen atoms in total. The first kappa shape index (κ1) is 15.6. The largest absolute Gasteiger partial charge is 0.618 e. The SMILES string of the molecule is O=C(CSc1cccc[n+]1[O-])N1CCN(c2cccc[nH+]2)CC1. The molecule has 1 saturated heterocycles. The van der Waals surface area contributed by atoms with E-state index in [-0.39, 0.29) is 5.91 Å². The lowest BCUT2D eigenvalue weighted by atomic mass is 10.3. The van der Waals surface area contributed by atoms with Gasteiger partial charge in [-0.05, 0) is 23.9 Å². The predicted molar refractivity (Wildman–Crippen MR) is 87.9 cm³/mol. The molecule has 0 radical (unpaired) electrons. The van der Waals surface area contributed by atoms with Gasteiger partial charge in [0, 0.05) is 18.2 Å². The number of carbonyl (C=O) groups is 1. The topological polar surface area (TPSA) is 64.6 Å². The van der Waals surface area contributed by atoms with Crippen molar-refractivity contribution < 1.29 is 14.5 Å². The van der Waals surface area contributed by atoms with Gasteiger partial charge in [-0.2, -0.15) is 4.73 Å². The van der Waals surface area contributed by atoms with Crippen LogP contribution in [0, 0.1) is 5.21 Å². The van der Waals surface area contributed by atoms with Gasteiger partial charge in [0.15, 0.2) is 6.20 Å². The minimum atomic E-state index is 0.0792. The highest BCUT2D eigenvalue weighted by Gasteiger charge is 2.26. The molecule has 0 spiro atoms. The minimum absolute atomic E-state index is 0.0792. The molecule has 2 aromatic rings. The molecule has 0 aliphatic carbocycles. The Kier molecular flexibility index (Phi) is 4.97. The third-order valence-electron chi connectivity index (χ3n) is 3.80. The fraction of sp³-hybridized carbons (Fsp3) is 0.312. The van der Waals surface area contributed by atoms with Crippen LogP contribution in [0.4, 0.5) is 5.82 Å².